The quantitative estimate of drug-likeness (QED) is 0.801. The number of methoxy groups -OCH3 is 1. The van der Waals surface area contributed by atoms with Gasteiger partial charge in [0.1, 0.15) is 6.61 Å². The predicted octanol–water partition coefficient (Wildman–Crippen LogP) is 1.03. The predicted molar refractivity (Wildman–Crippen MR) is 90.5 cm³/mol. The molecule has 134 valence electrons. The second-order valence-corrected chi connectivity index (χ2v) is 5.69. The van der Waals surface area contributed by atoms with E-state index in [1.807, 2.05) is 24.3 Å². The summed E-state index contributed by atoms with van der Waals surface area (Å²) in [5.74, 6) is 0.864. The van der Waals surface area contributed by atoms with Crippen LogP contribution in [0.2, 0.25) is 0 Å². The third-order valence-electron chi connectivity index (χ3n) is 3.91. The lowest BCUT2D eigenvalue weighted by Gasteiger charge is -2.28. The lowest BCUT2D eigenvalue weighted by molar-refractivity contribution is 0.0953. The molecule has 1 aromatic heterocycles. The van der Waals surface area contributed by atoms with Crippen molar-refractivity contribution in [1.82, 2.24) is 15.5 Å². The first-order valence-corrected chi connectivity index (χ1v) is 8.27. The third kappa shape index (κ3) is 4.77. The van der Waals surface area contributed by atoms with Crippen molar-refractivity contribution < 1.29 is 18.8 Å². The number of nitrogens with zero attached hydrogens (tertiary/aromatic N) is 3. The molecule has 0 saturated carbocycles. The molecule has 0 unspecified atom stereocenters. The first kappa shape index (κ1) is 17.4. The van der Waals surface area contributed by atoms with Crippen LogP contribution in [0.25, 0.3) is 0 Å². The van der Waals surface area contributed by atoms with Crippen LogP contribution in [0.1, 0.15) is 22.1 Å². The van der Waals surface area contributed by atoms with Crippen molar-refractivity contribution in [2.24, 2.45) is 0 Å². The molecule has 1 amide bonds. The van der Waals surface area contributed by atoms with Crippen LogP contribution in [-0.4, -0.2) is 56.0 Å². The number of morpholine rings is 1. The summed E-state index contributed by atoms with van der Waals surface area (Å²) in [6.45, 7) is 3.97. The summed E-state index contributed by atoms with van der Waals surface area (Å²) in [6.07, 6.45) is 0.480. The number of rotatable bonds is 7. The third-order valence-corrected chi connectivity index (χ3v) is 3.91. The highest BCUT2D eigenvalue weighted by Crippen LogP contribution is 2.16. The van der Waals surface area contributed by atoms with Crippen LogP contribution in [0.4, 0.5) is 5.69 Å². The zero-order chi connectivity index (χ0) is 17.5. The average molecular weight is 346 g/mol. The molecule has 0 bridgehead atoms. The summed E-state index contributed by atoms with van der Waals surface area (Å²) in [5.41, 5.74) is 1.74. The van der Waals surface area contributed by atoms with Crippen LogP contribution in [0.15, 0.2) is 28.8 Å². The van der Waals surface area contributed by atoms with Crippen LogP contribution in [0, 0.1) is 0 Å². The normalized spacial score (nSPS) is 14.5. The van der Waals surface area contributed by atoms with Crippen molar-refractivity contribution in [3.05, 3.63) is 41.5 Å². The smallest absolute Gasteiger partial charge is 0.251 e. The lowest BCUT2D eigenvalue weighted by atomic mass is 10.1. The number of hydrogen-bond acceptors (Lipinski definition) is 7. The highest BCUT2D eigenvalue weighted by molar-refractivity contribution is 5.94. The number of carbonyl (C=O) groups is 1. The molecule has 1 aliphatic rings. The van der Waals surface area contributed by atoms with E-state index >= 15 is 0 Å². The zero-order valence-electron chi connectivity index (χ0n) is 14.2. The molecule has 1 N–H and O–H groups in total. The Morgan fingerprint density at radius 2 is 2.04 bits per heavy atom. The fraction of sp³-hybridized carbons (Fsp3) is 0.471. The van der Waals surface area contributed by atoms with Crippen LogP contribution in [-0.2, 0) is 22.5 Å². The molecule has 25 heavy (non-hydrogen) atoms. The van der Waals surface area contributed by atoms with Gasteiger partial charge in [0, 0.05) is 44.4 Å². The summed E-state index contributed by atoms with van der Waals surface area (Å²) in [5, 5.41) is 6.63. The summed E-state index contributed by atoms with van der Waals surface area (Å²) in [6, 6.07) is 7.61. The molecule has 1 saturated heterocycles. The standard InChI is InChI=1S/C17H22N4O4/c1-23-12-15-19-16(25-20-15)6-7-18-17(22)13-2-4-14(5-3-13)21-8-10-24-11-9-21/h2-5H,6-12H2,1H3,(H,18,22). The molecule has 0 atom stereocenters. The van der Waals surface area contributed by atoms with E-state index < -0.39 is 0 Å². The second kappa shape index (κ2) is 8.59. The molecular weight excluding hydrogens is 324 g/mol. The van der Waals surface area contributed by atoms with Gasteiger partial charge in [0.05, 0.1) is 13.2 Å². The van der Waals surface area contributed by atoms with Crippen LogP contribution < -0.4 is 10.2 Å². The van der Waals surface area contributed by atoms with Crippen molar-refractivity contribution in [2.45, 2.75) is 13.0 Å². The summed E-state index contributed by atoms with van der Waals surface area (Å²) < 4.78 is 15.4. The molecule has 3 rings (SSSR count). The van der Waals surface area contributed by atoms with Gasteiger partial charge in [-0.05, 0) is 24.3 Å². The zero-order valence-corrected chi connectivity index (χ0v) is 14.2. The Morgan fingerprint density at radius 1 is 1.28 bits per heavy atom. The molecule has 1 aromatic carbocycles. The van der Waals surface area contributed by atoms with Gasteiger partial charge >= 0.3 is 0 Å². The van der Waals surface area contributed by atoms with Gasteiger partial charge in [0.15, 0.2) is 5.82 Å². The van der Waals surface area contributed by atoms with Crippen molar-refractivity contribution in [1.29, 1.82) is 0 Å². The molecule has 0 aliphatic carbocycles. The number of carbonyl (C=O) groups excluding carboxylic acids is 1. The Morgan fingerprint density at radius 3 is 2.76 bits per heavy atom. The number of hydrogen-bond donors (Lipinski definition) is 1. The molecule has 8 nitrogen and oxygen atoms in total. The van der Waals surface area contributed by atoms with Gasteiger partial charge < -0.3 is 24.2 Å². The van der Waals surface area contributed by atoms with Crippen molar-refractivity contribution in [3.63, 3.8) is 0 Å². The summed E-state index contributed by atoms with van der Waals surface area (Å²) >= 11 is 0. The maximum absolute atomic E-state index is 12.2. The van der Waals surface area contributed by atoms with Gasteiger partial charge in [0.25, 0.3) is 5.91 Å². The van der Waals surface area contributed by atoms with Gasteiger partial charge in [-0.15, -0.1) is 0 Å². The molecule has 0 spiro atoms. The van der Waals surface area contributed by atoms with E-state index in [1.54, 1.807) is 7.11 Å². The first-order chi connectivity index (χ1) is 12.3. The molecule has 1 aliphatic heterocycles. The van der Waals surface area contributed by atoms with E-state index in [9.17, 15) is 4.79 Å². The lowest BCUT2D eigenvalue weighted by Crippen LogP contribution is -2.36. The average Bonchev–Trinajstić information content (AvgIpc) is 3.10. The number of ether oxygens (including phenoxy) is 2. The fourth-order valence-corrected chi connectivity index (χ4v) is 2.61. The van der Waals surface area contributed by atoms with Gasteiger partial charge in [-0.3, -0.25) is 4.79 Å². The molecule has 1 fully saturated rings. The molecular formula is C17H22N4O4. The van der Waals surface area contributed by atoms with Crippen LogP contribution in [0.5, 0.6) is 0 Å². The molecule has 2 aromatic rings. The van der Waals surface area contributed by atoms with Crippen LogP contribution in [0.3, 0.4) is 0 Å². The Kier molecular flexibility index (Phi) is 5.97. The van der Waals surface area contributed by atoms with E-state index in [2.05, 4.69) is 20.4 Å². The Balaban J connectivity index is 1.47. The fourth-order valence-electron chi connectivity index (χ4n) is 2.61. The largest absolute Gasteiger partial charge is 0.378 e. The Labute approximate surface area is 146 Å². The maximum Gasteiger partial charge on any atom is 0.251 e. The second-order valence-electron chi connectivity index (χ2n) is 5.69. The van der Waals surface area contributed by atoms with Crippen LogP contribution >= 0.6 is 0 Å². The summed E-state index contributed by atoms with van der Waals surface area (Å²) in [4.78, 5) is 18.6. The Bertz CT molecular complexity index is 680. The van der Waals surface area contributed by atoms with Gasteiger partial charge in [-0.25, -0.2) is 0 Å². The van der Waals surface area contributed by atoms with Crippen molar-refractivity contribution in [2.75, 3.05) is 44.9 Å². The van der Waals surface area contributed by atoms with E-state index in [4.69, 9.17) is 14.0 Å². The SMILES string of the molecule is COCc1noc(CCNC(=O)c2ccc(N3CCOCC3)cc2)n1. The van der Waals surface area contributed by atoms with Gasteiger partial charge in [0.2, 0.25) is 5.89 Å². The monoisotopic (exact) mass is 346 g/mol. The number of amides is 1. The van der Waals surface area contributed by atoms with E-state index in [0.717, 1.165) is 32.0 Å². The van der Waals surface area contributed by atoms with E-state index in [1.165, 1.54) is 0 Å². The first-order valence-electron chi connectivity index (χ1n) is 8.27. The minimum absolute atomic E-state index is 0.120. The van der Waals surface area contributed by atoms with Crippen molar-refractivity contribution in [3.8, 4) is 0 Å². The molecule has 2 heterocycles. The topological polar surface area (TPSA) is 89.7 Å². The number of aromatic nitrogens is 2. The van der Waals surface area contributed by atoms with Crippen molar-refractivity contribution >= 4 is 11.6 Å². The summed E-state index contributed by atoms with van der Waals surface area (Å²) in [7, 11) is 1.57. The van der Waals surface area contributed by atoms with Gasteiger partial charge in [-0.1, -0.05) is 5.16 Å². The van der Waals surface area contributed by atoms with E-state index in [-0.39, 0.29) is 5.91 Å². The number of benzene rings is 1. The molecule has 0 radical (unpaired) electrons. The highest BCUT2D eigenvalue weighted by Gasteiger charge is 2.12. The molecule has 8 heteroatoms. The maximum atomic E-state index is 12.2. The van der Waals surface area contributed by atoms with E-state index in [0.29, 0.717) is 36.9 Å². The Hall–Kier alpha value is -2.45. The minimum Gasteiger partial charge on any atom is -0.378 e. The number of anilines is 1. The highest BCUT2D eigenvalue weighted by atomic mass is 16.5. The van der Waals surface area contributed by atoms with Gasteiger partial charge in [-0.2, -0.15) is 4.98 Å². The number of nitrogens with one attached hydrogen (secondary N) is 1. The minimum atomic E-state index is -0.120.